The average molecular weight is 232 g/mol. The Balaban J connectivity index is 2.35. The largest absolute Gasteiger partial charge is 0.481 e. The lowest BCUT2D eigenvalue weighted by Crippen LogP contribution is -2.30. The predicted molar refractivity (Wildman–Crippen MR) is 59.8 cm³/mol. The van der Waals surface area contributed by atoms with Crippen molar-refractivity contribution in [2.24, 2.45) is 5.84 Å². The van der Waals surface area contributed by atoms with E-state index in [0.29, 0.717) is 17.3 Å². The van der Waals surface area contributed by atoms with Crippen molar-refractivity contribution in [3.63, 3.8) is 0 Å². The summed E-state index contributed by atoms with van der Waals surface area (Å²) in [7, 11) is 1.54. The Morgan fingerprint density at radius 1 is 1.24 bits per heavy atom. The Morgan fingerprint density at radius 3 is 2.76 bits per heavy atom. The first-order valence-electron chi connectivity index (χ1n) is 4.93. The maximum atomic E-state index is 5.51. The number of nitrogens with zero attached hydrogens (tertiary/aromatic N) is 4. The molecule has 1 atom stereocenters. The molecule has 1 unspecified atom stereocenters. The Morgan fingerprint density at radius 2 is 2.12 bits per heavy atom. The van der Waals surface area contributed by atoms with Crippen LogP contribution in [0.4, 0.5) is 0 Å². The molecular formula is C10H12N6O. The first kappa shape index (κ1) is 11.4. The van der Waals surface area contributed by atoms with Crippen molar-refractivity contribution in [1.29, 1.82) is 0 Å². The number of nitrogens with two attached hydrogens (primary N) is 1. The van der Waals surface area contributed by atoms with Gasteiger partial charge in [0.25, 0.3) is 0 Å². The molecular weight excluding hydrogens is 220 g/mol. The maximum Gasteiger partial charge on any atom is 0.216 e. The van der Waals surface area contributed by atoms with Gasteiger partial charge in [0.2, 0.25) is 5.88 Å². The summed E-state index contributed by atoms with van der Waals surface area (Å²) in [6.45, 7) is 0. The first-order chi connectivity index (χ1) is 8.35. The molecule has 2 aromatic rings. The highest BCUT2D eigenvalue weighted by Gasteiger charge is 2.16. The van der Waals surface area contributed by atoms with E-state index in [1.54, 1.807) is 31.8 Å². The van der Waals surface area contributed by atoms with Crippen LogP contribution in [-0.2, 0) is 0 Å². The number of rotatable bonds is 4. The van der Waals surface area contributed by atoms with Gasteiger partial charge < -0.3 is 4.74 Å². The van der Waals surface area contributed by atoms with Crippen molar-refractivity contribution in [1.82, 2.24) is 25.4 Å². The van der Waals surface area contributed by atoms with Crippen LogP contribution in [0.25, 0.3) is 0 Å². The third-order valence-corrected chi connectivity index (χ3v) is 2.21. The highest BCUT2D eigenvalue weighted by Crippen LogP contribution is 2.18. The van der Waals surface area contributed by atoms with Gasteiger partial charge in [-0.05, 0) is 0 Å². The molecule has 0 radical (unpaired) electrons. The van der Waals surface area contributed by atoms with Crippen molar-refractivity contribution in [3.05, 3.63) is 42.4 Å². The molecule has 0 saturated heterocycles. The predicted octanol–water partition coefficient (Wildman–Crippen LogP) is -0.172. The Bertz CT molecular complexity index is 477. The van der Waals surface area contributed by atoms with Crippen molar-refractivity contribution in [2.75, 3.05) is 7.11 Å². The van der Waals surface area contributed by atoms with Crippen LogP contribution in [-0.4, -0.2) is 27.0 Å². The number of methoxy groups -OCH3 is 1. The average Bonchev–Trinajstić information content (AvgIpc) is 2.41. The molecule has 3 N–H and O–H groups in total. The minimum absolute atomic E-state index is 0.347. The third-order valence-electron chi connectivity index (χ3n) is 2.21. The fourth-order valence-corrected chi connectivity index (χ4v) is 1.40. The number of aromatic nitrogens is 4. The van der Waals surface area contributed by atoms with Crippen molar-refractivity contribution < 1.29 is 4.74 Å². The Hall–Kier alpha value is -2.12. The third kappa shape index (κ3) is 2.52. The molecule has 0 aliphatic heterocycles. The molecule has 2 heterocycles. The van der Waals surface area contributed by atoms with Crippen LogP contribution in [0.5, 0.6) is 5.88 Å². The van der Waals surface area contributed by atoms with E-state index in [1.807, 2.05) is 0 Å². The van der Waals surface area contributed by atoms with Gasteiger partial charge in [-0.25, -0.2) is 15.4 Å². The highest BCUT2D eigenvalue weighted by atomic mass is 16.5. The molecule has 0 spiro atoms. The van der Waals surface area contributed by atoms with Gasteiger partial charge in [0.1, 0.15) is 12.4 Å². The molecule has 7 heteroatoms. The zero-order valence-corrected chi connectivity index (χ0v) is 9.24. The lowest BCUT2D eigenvalue weighted by Gasteiger charge is -2.14. The van der Waals surface area contributed by atoms with E-state index < -0.39 is 0 Å². The second-order valence-electron chi connectivity index (χ2n) is 3.22. The van der Waals surface area contributed by atoms with E-state index in [4.69, 9.17) is 10.6 Å². The van der Waals surface area contributed by atoms with Crippen LogP contribution in [0.1, 0.15) is 17.4 Å². The van der Waals surface area contributed by atoms with Gasteiger partial charge in [0.15, 0.2) is 0 Å². The molecule has 2 rings (SSSR count). The van der Waals surface area contributed by atoms with Gasteiger partial charge in [0.05, 0.1) is 24.7 Å². The fourth-order valence-electron chi connectivity index (χ4n) is 1.40. The zero-order valence-electron chi connectivity index (χ0n) is 9.24. The zero-order chi connectivity index (χ0) is 12.1. The molecule has 2 aromatic heterocycles. The number of ether oxygens (including phenoxy) is 1. The van der Waals surface area contributed by atoms with Crippen molar-refractivity contribution in [2.45, 2.75) is 6.04 Å². The second kappa shape index (κ2) is 5.28. The number of nitrogens with one attached hydrogen (secondary N) is 1. The summed E-state index contributed by atoms with van der Waals surface area (Å²) in [4.78, 5) is 16.2. The molecule has 0 aliphatic carbocycles. The molecule has 17 heavy (non-hydrogen) atoms. The van der Waals surface area contributed by atoms with E-state index >= 15 is 0 Å². The lowest BCUT2D eigenvalue weighted by atomic mass is 10.1. The molecule has 0 saturated carbocycles. The summed E-state index contributed by atoms with van der Waals surface area (Å²) in [6, 6.07) is 1.35. The summed E-state index contributed by atoms with van der Waals surface area (Å²) < 4.78 is 5.03. The molecule has 0 aromatic carbocycles. The van der Waals surface area contributed by atoms with Crippen molar-refractivity contribution in [3.8, 4) is 5.88 Å². The highest BCUT2D eigenvalue weighted by molar-refractivity contribution is 5.23. The fraction of sp³-hybridized carbons (Fsp3) is 0.200. The van der Waals surface area contributed by atoms with Crippen LogP contribution in [0.3, 0.4) is 0 Å². The van der Waals surface area contributed by atoms with E-state index in [2.05, 4.69) is 25.4 Å². The van der Waals surface area contributed by atoms with Crippen LogP contribution in [0.2, 0.25) is 0 Å². The first-order valence-corrected chi connectivity index (χ1v) is 4.93. The van der Waals surface area contributed by atoms with Gasteiger partial charge in [0, 0.05) is 18.5 Å². The topological polar surface area (TPSA) is 98.8 Å². The van der Waals surface area contributed by atoms with Gasteiger partial charge >= 0.3 is 0 Å². The van der Waals surface area contributed by atoms with E-state index in [-0.39, 0.29) is 6.04 Å². The molecule has 7 nitrogen and oxygen atoms in total. The Labute approximate surface area is 98.1 Å². The maximum absolute atomic E-state index is 5.51. The molecule has 0 amide bonds. The number of hydrogen-bond acceptors (Lipinski definition) is 7. The summed E-state index contributed by atoms with van der Waals surface area (Å²) in [5, 5.41) is 0. The minimum atomic E-state index is -0.347. The number of hydrogen-bond donors (Lipinski definition) is 2. The van der Waals surface area contributed by atoms with Crippen LogP contribution >= 0.6 is 0 Å². The summed E-state index contributed by atoms with van der Waals surface area (Å²) in [6.07, 6.45) is 6.23. The number of hydrazine groups is 1. The molecule has 0 fully saturated rings. The summed E-state index contributed by atoms with van der Waals surface area (Å²) >= 11 is 0. The normalized spacial score (nSPS) is 12.1. The van der Waals surface area contributed by atoms with Crippen molar-refractivity contribution >= 4 is 0 Å². The lowest BCUT2D eigenvalue weighted by molar-refractivity contribution is 0.394. The van der Waals surface area contributed by atoms with Crippen LogP contribution in [0.15, 0.2) is 31.0 Å². The van der Waals surface area contributed by atoms with Gasteiger partial charge in [-0.1, -0.05) is 0 Å². The van der Waals surface area contributed by atoms with Gasteiger partial charge in [-0.3, -0.25) is 15.8 Å². The standard InChI is InChI=1S/C10H12N6O/c1-17-9-4-7(14-6-15-9)10(16-11)8-5-12-2-3-13-8/h2-6,10,16H,11H2,1H3. The molecule has 88 valence electrons. The van der Waals surface area contributed by atoms with Gasteiger partial charge in [-0.2, -0.15) is 0 Å². The monoisotopic (exact) mass is 232 g/mol. The molecule has 0 bridgehead atoms. The van der Waals surface area contributed by atoms with E-state index in [9.17, 15) is 0 Å². The van der Waals surface area contributed by atoms with E-state index in [1.165, 1.54) is 6.33 Å². The second-order valence-corrected chi connectivity index (χ2v) is 3.22. The minimum Gasteiger partial charge on any atom is -0.481 e. The summed E-state index contributed by atoms with van der Waals surface area (Å²) in [5.74, 6) is 5.98. The SMILES string of the molecule is COc1cc(C(NN)c2cnccn2)ncn1. The van der Waals surface area contributed by atoms with Gasteiger partial charge in [-0.15, -0.1) is 0 Å². The Kier molecular flexibility index (Phi) is 3.53. The van der Waals surface area contributed by atoms with Crippen LogP contribution in [0, 0.1) is 0 Å². The van der Waals surface area contributed by atoms with Crippen LogP contribution < -0.4 is 16.0 Å². The van der Waals surface area contributed by atoms with E-state index in [0.717, 1.165) is 0 Å². The smallest absolute Gasteiger partial charge is 0.216 e. The molecule has 0 aliphatic rings. The summed E-state index contributed by atoms with van der Waals surface area (Å²) in [5.41, 5.74) is 3.98. The quantitative estimate of drug-likeness (QED) is 0.557.